The topological polar surface area (TPSA) is 15.5 Å². The number of hydrogen-bond donors (Lipinski definition) is 0. The SMILES string of the molecule is C.Cc1cc(-c2cc[n+](C)cc2)cc(C)[n+]1CCCC(C)C[n+]1c(C)cc(-c2cc[n+](C)cc2)cc1C. The second-order valence-corrected chi connectivity index (χ2v) is 10.6. The lowest BCUT2D eigenvalue weighted by Crippen LogP contribution is -2.43. The lowest BCUT2D eigenvalue weighted by atomic mass is 10.0. The van der Waals surface area contributed by atoms with Gasteiger partial charge in [-0.05, 0) is 28.7 Å². The maximum Gasteiger partial charge on any atom is 0.179 e. The summed E-state index contributed by atoms with van der Waals surface area (Å²) in [5.41, 5.74) is 10.5. The van der Waals surface area contributed by atoms with Crippen LogP contribution in [-0.2, 0) is 27.2 Å². The van der Waals surface area contributed by atoms with Crippen LogP contribution in [0.3, 0.4) is 0 Å². The van der Waals surface area contributed by atoms with E-state index in [1.165, 1.54) is 57.9 Å². The predicted molar refractivity (Wildman–Crippen MR) is 151 cm³/mol. The van der Waals surface area contributed by atoms with Gasteiger partial charge in [0.2, 0.25) is 0 Å². The Morgan fingerprint density at radius 2 is 0.973 bits per heavy atom. The van der Waals surface area contributed by atoms with Gasteiger partial charge < -0.3 is 0 Å². The van der Waals surface area contributed by atoms with Crippen molar-refractivity contribution < 1.29 is 18.3 Å². The van der Waals surface area contributed by atoms with Crippen LogP contribution < -0.4 is 18.3 Å². The van der Waals surface area contributed by atoms with Crippen LogP contribution in [-0.4, -0.2) is 0 Å². The molecular formula is C33H46N4+4. The zero-order chi connectivity index (χ0) is 25.8. The molecule has 4 aromatic heterocycles. The Balaban J connectivity index is 0.00000380. The average molecular weight is 499 g/mol. The molecule has 0 aromatic carbocycles. The van der Waals surface area contributed by atoms with E-state index < -0.39 is 0 Å². The smallest absolute Gasteiger partial charge is 0.179 e. The molecule has 0 saturated heterocycles. The first kappa shape index (κ1) is 28.2. The first-order valence-electron chi connectivity index (χ1n) is 13.1. The van der Waals surface area contributed by atoms with E-state index >= 15 is 0 Å². The minimum absolute atomic E-state index is 0. The van der Waals surface area contributed by atoms with Crippen LogP contribution in [0.4, 0.5) is 0 Å². The van der Waals surface area contributed by atoms with Crippen LogP contribution in [0, 0.1) is 33.6 Å². The fraction of sp³-hybridized carbons (Fsp3) is 0.394. The van der Waals surface area contributed by atoms with Gasteiger partial charge in [0.25, 0.3) is 0 Å². The number of hydrogen-bond acceptors (Lipinski definition) is 0. The van der Waals surface area contributed by atoms with Crippen LogP contribution in [0.1, 0.15) is 50.0 Å². The number of pyridine rings is 4. The highest BCUT2D eigenvalue weighted by Gasteiger charge is 2.19. The van der Waals surface area contributed by atoms with Gasteiger partial charge in [0.15, 0.2) is 54.1 Å². The van der Waals surface area contributed by atoms with Crippen LogP contribution in [0.25, 0.3) is 22.3 Å². The van der Waals surface area contributed by atoms with E-state index in [4.69, 9.17) is 0 Å². The molecule has 4 heterocycles. The molecule has 0 aliphatic heterocycles. The number of aromatic nitrogens is 4. The lowest BCUT2D eigenvalue weighted by molar-refractivity contribution is -0.716. The van der Waals surface area contributed by atoms with Crippen LogP contribution >= 0.6 is 0 Å². The molecule has 0 bridgehead atoms. The highest BCUT2D eigenvalue weighted by Crippen LogP contribution is 2.21. The van der Waals surface area contributed by atoms with E-state index in [1.807, 2.05) is 0 Å². The summed E-state index contributed by atoms with van der Waals surface area (Å²) in [7, 11) is 4.11. The van der Waals surface area contributed by atoms with Gasteiger partial charge in [-0.3, -0.25) is 0 Å². The van der Waals surface area contributed by atoms with E-state index in [-0.39, 0.29) is 7.43 Å². The highest BCUT2D eigenvalue weighted by atomic mass is 15.0. The van der Waals surface area contributed by atoms with Crippen molar-refractivity contribution in [1.29, 1.82) is 0 Å². The van der Waals surface area contributed by atoms with Crippen molar-refractivity contribution in [2.75, 3.05) is 0 Å². The molecule has 4 heteroatoms. The molecule has 0 spiro atoms. The molecule has 0 radical (unpaired) electrons. The monoisotopic (exact) mass is 498 g/mol. The molecule has 0 aliphatic carbocycles. The van der Waals surface area contributed by atoms with E-state index in [9.17, 15) is 0 Å². The zero-order valence-electron chi connectivity index (χ0n) is 23.1. The van der Waals surface area contributed by atoms with Crippen LogP contribution in [0.2, 0.25) is 0 Å². The van der Waals surface area contributed by atoms with Gasteiger partial charge in [-0.25, -0.2) is 13.7 Å². The molecule has 1 atom stereocenters. The molecular weight excluding hydrogens is 452 g/mol. The maximum absolute atomic E-state index is 2.48. The van der Waals surface area contributed by atoms with Crippen molar-refractivity contribution in [2.24, 2.45) is 20.0 Å². The minimum atomic E-state index is 0. The first-order chi connectivity index (χ1) is 17.2. The number of aryl methyl sites for hydroxylation is 6. The summed E-state index contributed by atoms with van der Waals surface area (Å²) in [4.78, 5) is 0. The summed E-state index contributed by atoms with van der Waals surface area (Å²) in [5, 5.41) is 0. The number of rotatable bonds is 8. The molecule has 4 aromatic rings. The van der Waals surface area contributed by atoms with E-state index in [2.05, 4.69) is 140 Å². The molecule has 0 fully saturated rings. The van der Waals surface area contributed by atoms with Crippen molar-refractivity contribution in [3.05, 3.63) is 96.1 Å². The van der Waals surface area contributed by atoms with Gasteiger partial charge in [-0.2, -0.15) is 4.57 Å². The molecule has 0 saturated carbocycles. The van der Waals surface area contributed by atoms with Crippen molar-refractivity contribution >= 4 is 0 Å². The van der Waals surface area contributed by atoms with Crippen LogP contribution in [0.5, 0.6) is 0 Å². The molecule has 4 rings (SSSR count). The standard InChI is InChI=1S/C32H42N4.CH4/c1-24(23-36-27(4)21-32(22-28(36)5)30-12-17-34(7)18-13-30)9-8-14-35-25(2)19-31(20-26(35)3)29-10-15-33(6)16-11-29;/h10-13,15-22,24H,8-9,14,23H2,1-7H3;1H4/q+4;. The molecule has 0 aliphatic rings. The number of nitrogens with zero attached hydrogens (tertiary/aromatic N) is 4. The van der Waals surface area contributed by atoms with Gasteiger partial charge in [0, 0.05) is 88.6 Å². The second kappa shape index (κ2) is 12.2. The van der Waals surface area contributed by atoms with Crippen molar-refractivity contribution in [3.63, 3.8) is 0 Å². The molecule has 194 valence electrons. The normalized spacial score (nSPS) is 11.8. The van der Waals surface area contributed by atoms with E-state index in [0.29, 0.717) is 5.92 Å². The minimum Gasteiger partial charge on any atom is -0.208 e. The summed E-state index contributed by atoms with van der Waals surface area (Å²) >= 11 is 0. The highest BCUT2D eigenvalue weighted by molar-refractivity contribution is 5.63. The van der Waals surface area contributed by atoms with Crippen molar-refractivity contribution in [1.82, 2.24) is 0 Å². The van der Waals surface area contributed by atoms with Gasteiger partial charge in [-0.15, -0.1) is 0 Å². The van der Waals surface area contributed by atoms with E-state index in [0.717, 1.165) is 13.1 Å². The van der Waals surface area contributed by atoms with Crippen molar-refractivity contribution in [3.8, 4) is 22.3 Å². The summed E-state index contributed by atoms with van der Waals surface area (Å²) in [5.74, 6) is 0.625. The van der Waals surface area contributed by atoms with E-state index in [1.54, 1.807) is 0 Å². The summed E-state index contributed by atoms with van der Waals surface area (Å²) in [6.45, 7) is 13.5. The zero-order valence-corrected chi connectivity index (χ0v) is 23.1. The molecule has 1 unspecified atom stereocenters. The molecule has 0 N–H and O–H groups in total. The van der Waals surface area contributed by atoms with Crippen LogP contribution in [0.15, 0.2) is 73.3 Å². The third-order valence-corrected chi connectivity index (χ3v) is 7.36. The summed E-state index contributed by atoms with van der Waals surface area (Å²) < 4.78 is 9.10. The first-order valence-corrected chi connectivity index (χ1v) is 13.1. The summed E-state index contributed by atoms with van der Waals surface area (Å²) in [6, 6.07) is 18.1. The fourth-order valence-corrected chi connectivity index (χ4v) is 5.21. The fourth-order valence-electron chi connectivity index (χ4n) is 5.21. The second-order valence-electron chi connectivity index (χ2n) is 10.6. The Morgan fingerprint density at radius 3 is 1.38 bits per heavy atom. The average Bonchev–Trinajstić information content (AvgIpc) is 2.84. The summed E-state index contributed by atoms with van der Waals surface area (Å²) in [6.07, 6.45) is 10.8. The predicted octanol–water partition coefficient (Wildman–Crippen LogP) is 5.23. The lowest BCUT2D eigenvalue weighted by Gasteiger charge is -2.13. The third kappa shape index (κ3) is 6.88. The molecule has 37 heavy (non-hydrogen) atoms. The largest absolute Gasteiger partial charge is 0.208 e. The molecule has 4 nitrogen and oxygen atoms in total. The Labute approximate surface area is 224 Å². The molecule has 0 amide bonds. The Hall–Kier alpha value is -3.40. The van der Waals surface area contributed by atoms with Gasteiger partial charge >= 0.3 is 0 Å². The van der Waals surface area contributed by atoms with Crippen molar-refractivity contribution in [2.45, 2.75) is 68.0 Å². The maximum atomic E-state index is 2.48. The third-order valence-electron chi connectivity index (χ3n) is 7.36. The van der Waals surface area contributed by atoms with Gasteiger partial charge in [0.05, 0.1) is 0 Å². The Kier molecular flexibility index (Phi) is 9.31. The quantitative estimate of drug-likeness (QED) is 0.296. The van der Waals surface area contributed by atoms with Gasteiger partial charge in [0.1, 0.15) is 20.6 Å². The Morgan fingerprint density at radius 1 is 0.595 bits per heavy atom. The Bertz CT molecular complexity index is 1290. The van der Waals surface area contributed by atoms with Gasteiger partial charge in [-0.1, -0.05) is 14.4 Å².